The number of carbonyl (C=O) groups is 2. The van der Waals surface area contributed by atoms with Crippen molar-refractivity contribution in [2.24, 2.45) is 0 Å². The number of nitrogens with zero attached hydrogens (tertiary/aromatic N) is 4. The van der Waals surface area contributed by atoms with Crippen molar-refractivity contribution in [3.05, 3.63) is 76.9 Å². The molecule has 0 aliphatic carbocycles. The van der Waals surface area contributed by atoms with Crippen LogP contribution in [0.25, 0.3) is 11.3 Å². The van der Waals surface area contributed by atoms with Gasteiger partial charge in [0.1, 0.15) is 0 Å². The molecule has 34 heavy (non-hydrogen) atoms. The number of carbonyl (C=O) groups excluding carboxylic acids is 2. The van der Waals surface area contributed by atoms with Crippen LogP contribution in [0.5, 0.6) is 0 Å². The van der Waals surface area contributed by atoms with Gasteiger partial charge in [-0.2, -0.15) is 0 Å². The molecular weight excluding hydrogens is 468 g/mol. The number of benzene rings is 2. The molecule has 0 spiro atoms. The van der Waals surface area contributed by atoms with Gasteiger partial charge in [0.25, 0.3) is 5.91 Å². The highest BCUT2D eigenvalue weighted by Crippen LogP contribution is 2.25. The molecular formula is C24H24N6O2S2. The van der Waals surface area contributed by atoms with Crippen molar-refractivity contribution in [3.8, 4) is 11.3 Å². The fourth-order valence-electron chi connectivity index (χ4n) is 3.28. The zero-order chi connectivity index (χ0) is 23.9. The highest BCUT2D eigenvalue weighted by molar-refractivity contribution is 7.99. The summed E-state index contributed by atoms with van der Waals surface area (Å²) in [5.74, 6) is 0.479. The van der Waals surface area contributed by atoms with E-state index in [-0.39, 0.29) is 24.1 Å². The molecule has 0 aliphatic rings. The molecule has 2 amide bonds. The molecule has 8 nitrogen and oxygen atoms in total. The van der Waals surface area contributed by atoms with Crippen LogP contribution in [0, 0.1) is 6.92 Å². The van der Waals surface area contributed by atoms with Crippen molar-refractivity contribution in [3.63, 3.8) is 0 Å². The third-order valence-corrected chi connectivity index (χ3v) is 6.67. The maximum Gasteiger partial charge on any atom is 0.251 e. The van der Waals surface area contributed by atoms with Crippen LogP contribution in [0.1, 0.15) is 28.7 Å². The molecule has 10 heteroatoms. The summed E-state index contributed by atoms with van der Waals surface area (Å²) in [6.45, 7) is 4.79. The molecule has 0 saturated carbocycles. The fraction of sp³-hybridized carbons (Fsp3) is 0.208. The van der Waals surface area contributed by atoms with Crippen LogP contribution in [0.15, 0.2) is 65.1 Å². The maximum absolute atomic E-state index is 12.5. The molecule has 4 rings (SSSR count). The van der Waals surface area contributed by atoms with E-state index in [0.29, 0.717) is 28.2 Å². The highest BCUT2D eigenvalue weighted by Gasteiger charge is 2.15. The minimum Gasteiger partial charge on any atom is -0.345 e. The van der Waals surface area contributed by atoms with E-state index in [4.69, 9.17) is 0 Å². The molecule has 174 valence electrons. The Hall–Kier alpha value is -3.50. The van der Waals surface area contributed by atoms with Gasteiger partial charge in [-0.25, -0.2) is 4.98 Å². The van der Waals surface area contributed by atoms with Crippen LogP contribution in [0.3, 0.4) is 0 Å². The molecule has 0 radical (unpaired) electrons. The van der Waals surface area contributed by atoms with Gasteiger partial charge in [-0.15, -0.1) is 21.5 Å². The number of nitrogens with one attached hydrogen (secondary N) is 2. The highest BCUT2D eigenvalue weighted by atomic mass is 32.2. The lowest BCUT2D eigenvalue weighted by atomic mass is 10.1. The van der Waals surface area contributed by atoms with Crippen LogP contribution in [0.4, 0.5) is 5.13 Å². The van der Waals surface area contributed by atoms with Gasteiger partial charge in [0.2, 0.25) is 5.91 Å². The second-order valence-corrected chi connectivity index (χ2v) is 9.24. The monoisotopic (exact) mass is 492 g/mol. The Labute approximate surface area is 205 Å². The second kappa shape index (κ2) is 11.1. The van der Waals surface area contributed by atoms with Gasteiger partial charge < -0.3 is 15.2 Å². The number of hydrogen-bond acceptors (Lipinski definition) is 7. The summed E-state index contributed by atoms with van der Waals surface area (Å²) < 4.78 is 1.89. The fourth-order valence-corrected chi connectivity index (χ4v) is 4.84. The Balaban J connectivity index is 1.31. The number of rotatable bonds is 9. The van der Waals surface area contributed by atoms with E-state index in [2.05, 4.69) is 25.8 Å². The SMILES string of the molecule is CCn1c(CNC(=O)c2cccc(C)c2)nnc1SCC(=O)Nc1nc(-c2ccccc2)cs1. The molecule has 0 atom stereocenters. The van der Waals surface area contributed by atoms with Crippen LogP contribution < -0.4 is 10.6 Å². The smallest absolute Gasteiger partial charge is 0.251 e. The van der Waals surface area contributed by atoms with Crippen molar-refractivity contribution in [2.75, 3.05) is 11.1 Å². The van der Waals surface area contributed by atoms with E-state index < -0.39 is 0 Å². The lowest BCUT2D eigenvalue weighted by molar-refractivity contribution is -0.113. The largest absolute Gasteiger partial charge is 0.345 e. The minimum absolute atomic E-state index is 0.166. The first kappa shape index (κ1) is 23.7. The van der Waals surface area contributed by atoms with E-state index in [1.165, 1.54) is 23.1 Å². The predicted molar refractivity (Wildman–Crippen MR) is 135 cm³/mol. The first-order valence-corrected chi connectivity index (χ1v) is 12.6. The third-order valence-electron chi connectivity index (χ3n) is 4.95. The molecule has 0 fully saturated rings. The van der Waals surface area contributed by atoms with E-state index in [1.807, 2.05) is 72.3 Å². The first-order valence-electron chi connectivity index (χ1n) is 10.7. The number of hydrogen-bond donors (Lipinski definition) is 2. The summed E-state index contributed by atoms with van der Waals surface area (Å²) in [7, 11) is 0. The first-order chi connectivity index (χ1) is 16.5. The Morgan fingerprint density at radius 1 is 1.09 bits per heavy atom. The van der Waals surface area contributed by atoms with Gasteiger partial charge >= 0.3 is 0 Å². The minimum atomic E-state index is -0.168. The lowest BCUT2D eigenvalue weighted by Gasteiger charge is -2.09. The van der Waals surface area contributed by atoms with Crippen LogP contribution in [-0.2, 0) is 17.9 Å². The van der Waals surface area contributed by atoms with Crippen molar-refractivity contribution in [1.29, 1.82) is 0 Å². The van der Waals surface area contributed by atoms with Crippen LogP contribution >= 0.6 is 23.1 Å². The predicted octanol–water partition coefficient (Wildman–Crippen LogP) is 4.39. The number of aryl methyl sites for hydroxylation is 1. The zero-order valence-corrected chi connectivity index (χ0v) is 20.4. The summed E-state index contributed by atoms with van der Waals surface area (Å²) >= 11 is 2.69. The van der Waals surface area contributed by atoms with Gasteiger partial charge in [0.15, 0.2) is 16.1 Å². The summed E-state index contributed by atoms with van der Waals surface area (Å²) in [4.78, 5) is 29.4. The van der Waals surface area contributed by atoms with Crippen molar-refractivity contribution < 1.29 is 9.59 Å². The number of amides is 2. The van der Waals surface area contributed by atoms with Crippen LogP contribution in [0.2, 0.25) is 0 Å². The molecule has 0 aliphatic heterocycles. The van der Waals surface area contributed by atoms with E-state index in [1.54, 1.807) is 6.07 Å². The topological polar surface area (TPSA) is 102 Å². The number of aromatic nitrogens is 4. The second-order valence-electron chi connectivity index (χ2n) is 7.44. The van der Waals surface area contributed by atoms with Crippen molar-refractivity contribution >= 4 is 40.0 Å². The van der Waals surface area contributed by atoms with E-state index >= 15 is 0 Å². The quantitative estimate of drug-likeness (QED) is 0.336. The van der Waals surface area contributed by atoms with Crippen molar-refractivity contribution in [1.82, 2.24) is 25.1 Å². The lowest BCUT2D eigenvalue weighted by Crippen LogP contribution is -2.25. The molecule has 2 aromatic carbocycles. The zero-order valence-electron chi connectivity index (χ0n) is 18.8. The average Bonchev–Trinajstić information content (AvgIpc) is 3.48. The van der Waals surface area contributed by atoms with E-state index in [9.17, 15) is 9.59 Å². The Morgan fingerprint density at radius 3 is 2.68 bits per heavy atom. The Kier molecular flexibility index (Phi) is 7.71. The van der Waals surface area contributed by atoms with Gasteiger partial charge in [-0.1, -0.05) is 59.8 Å². The molecule has 0 saturated heterocycles. The standard InChI is InChI=1S/C24H24N6O2S2/c1-3-30-20(13-25-22(32)18-11-7-8-16(2)12-18)28-29-24(30)34-15-21(31)27-23-26-19(14-33-23)17-9-5-4-6-10-17/h4-12,14H,3,13,15H2,1-2H3,(H,25,32)(H,26,27,31). The van der Waals surface area contributed by atoms with Gasteiger partial charge in [0.05, 0.1) is 18.0 Å². The van der Waals surface area contributed by atoms with Gasteiger partial charge in [0, 0.05) is 23.1 Å². The molecule has 4 aromatic rings. The summed E-state index contributed by atoms with van der Waals surface area (Å²) in [6.07, 6.45) is 0. The number of thiazole rings is 1. The summed E-state index contributed by atoms with van der Waals surface area (Å²) in [6, 6.07) is 17.2. The third kappa shape index (κ3) is 5.89. The molecule has 2 heterocycles. The van der Waals surface area contributed by atoms with Crippen molar-refractivity contribution in [2.45, 2.75) is 32.1 Å². The molecule has 2 N–H and O–H groups in total. The van der Waals surface area contributed by atoms with Gasteiger partial charge in [-0.3, -0.25) is 9.59 Å². The average molecular weight is 493 g/mol. The normalized spacial score (nSPS) is 10.8. The van der Waals surface area contributed by atoms with E-state index in [0.717, 1.165) is 16.8 Å². The number of thioether (sulfide) groups is 1. The Morgan fingerprint density at radius 2 is 1.91 bits per heavy atom. The maximum atomic E-state index is 12.5. The molecule has 0 unspecified atom stereocenters. The van der Waals surface area contributed by atoms with Gasteiger partial charge in [-0.05, 0) is 26.0 Å². The number of anilines is 1. The molecule has 0 bridgehead atoms. The van der Waals surface area contributed by atoms with Crippen LogP contribution in [-0.4, -0.2) is 37.3 Å². The summed E-state index contributed by atoms with van der Waals surface area (Å²) in [5, 5.41) is 17.2. The Bertz CT molecular complexity index is 1290. The summed E-state index contributed by atoms with van der Waals surface area (Å²) in [5.41, 5.74) is 3.46. The molecule has 2 aromatic heterocycles.